The molecule has 0 aliphatic carbocycles. The van der Waals surface area contributed by atoms with Crippen LogP contribution in [0.5, 0.6) is 0 Å². The zero-order valence-corrected chi connectivity index (χ0v) is 13.9. The standard InChI is InChI=1S/C15H17IN2O2/c1-4-15(2,20-3)14-17-12(11(16)13(19)18-14)10-8-6-5-7-9-10/h5-9H,4H2,1-3H3,(H,17,18,19). The Morgan fingerprint density at radius 1 is 1.35 bits per heavy atom. The summed E-state index contributed by atoms with van der Waals surface area (Å²) in [5.41, 5.74) is 0.902. The van der Waals surface area contributed by atoms with Crippen molar-refractivity contribution in [2.75, 3.05) is 7.11 Å². The Hall–Kier alpha value is -1.21. The van der Waals surface area contributed by atoms with Gasteiger partial charge in [-0.1, -0.05) is 37.3 Å². The molecule has 2 aromatic rings. The first-order valence-corrected chi connectivity index (χ1v) is 7.50. The number of halogens is 1. The first-order chi connectivity index (χ1) is 9.51. The van der Waals surface area contributed by atoms with Gasteiger partial charge in [0, 0.05) is 12.7 Å². The van der Waals surface area contributed by atoms with E-state index in [4.69, 9.17) is 4.74 Å². The van der Waals surface area contributed by atoms with E-state index >= 15 is 0 Å². The summed E-state index contributed by atoms with van der Waals surface area (Å²) >= 11 is 2.03. The molecule has 1 aromatic carbocycles. The van der Waals surface area contributed by atoms with Crippen molar-refractivity contribution >= 4 is 22.6 Å². The van der Waals surface area contributed by atoms with E-state index in [9.17, 15) is 4.79 Å². The Morgan fingerprint density at radius 2 is 2.00 bits per heavy atom. The molecule has 0 saturated heterocycles. The Balaban J connectivity index is 2.66. The SMILES string of the molecule is CCC(C)(OC)c1nc(-c2ccccc2)c(I)c(=O)[nH]1. The van der Waals surface area contributed by atoms with Gasteiger partial charge in [0.05, 0.1) is 5.69 Å². The highest BCUT2D eigenvalue weighted by Gasteiger charge is 2.28. The molecule has 0 saturated carbocycles. The molecule has 1 unspecified atom stereocenters. The molecule has 1 heterocycles. The van der Waals surface area contributed by atoms with Gasteiger partial charge in [0.2, 0.25) is 0 Å². The number of rotatable bonds is 4. The van der Waals surface area contributed by atoms with E-state index in [1.165, 1.54) is 0 Å². The number of hydrogen-bond acceptors (Lipinski definition) is 3. The number of nitrogens with zero attached hydrogens (tertiary/aromatic N) is 1. The van der Waals surface area contributed by atoms with Crippen LogP contribution in [0.4, 0.5) is 0 Å². The van der Waals surface area contributed by atoms with Crippen LogP contribution in [0.15, 0.2) is 35.1 Å². The summed E-state index contributed by atoms with van der Waals surface area (Å²) < 4.78 is 6.11. The van der Waals surface area contributed by atoms with E-state index in [0.717, 1.165) is 12.0 Å². The number of methoxy groups -OCH3 is 1. The van der Waals surface area contributed by atoms with E-state index < -0.39 is 5.60 Å². The third kappa shape index (κ3) is 2.78. The number of aromatic nitrogens is 2. The number of ether oxygens (including phenoxy) is 1. The highest BCUT2D eigenvalue weighted by Crippen LogP contribution is 2.27. The summed E-state index contributed by atoms with van der Waals surface area (Å²) in [4.78, 5) is 19.6. The third-order valence-corrected chi connectivity index (χ3v) is 4.54. The van der Waals surface area contributed by atoms with E-state index in [-0.39, 0.29) is 5.56 Å². The lowest BCUT2D eigenvalue weighted by Crippen LogP contribution is -2.30. The minimum Gasteiger partial charge on any atom is -0.371 e. The lowest BCUT2D eigenvalue weighted by Gasteiger charge is -2.25. The molecule has 1 aromatic heterocycles. The first kappa shape index (κ1) is 15.2. The molecule has 1 atom stereocenters. The van der Waals surface area contributed by atoms with Gasteiger partial charge in [-0.15, -0.1) is 0 Å². The number of aromatic amines is 1. The molecule has 0 fully saturated rings. The monoisotopic (exact) mass is 384 g/mol. The molecule has 0 amide bonds. The number of nitrogens with one attached hydrogen (secondary N) is 1. The summed E-state index contributed by atoms with van der Waals surface area (Å²) in [5.74, 6) is 0.562. The fraction of sp³-hybridized carbons (Fsp3) is 0.333. The molecule has 0 aliphatic rings. The van der Waals surface area contributed by atoms with Crippen molar-refractivity contribution in [3.8, 4) is 11.3 Å². The molecule has 20 heavy (non-hydrogen) atoms. The maximum Gasteiger partial charge on any atom is 0.265 e. The Bertz CT molecular complexity index is 649. The average molecular weight is 384 g/mol. The maximum atomic E-state index is 12.2. The van der Waals surface area contributed by atoms with Crippen LogP contribution in [0.1, 0.15) is 26.1 Å². The molecule has 0 bridgehead atoms. The van der Waals surface area contributed by atoms with Crippen molar-refractivity contribution in [1.29, 1.82) is 0 Å². The molecule has 0 aliphatic heterocycles. The molecule has 4 nitrogen and oxygen atoms in total. The van der Waals surface area contributed by atoms with Gasteiger partial charge in [0.1, 0.15) is 15.0 Å². The van der Waals surface area contributed by atoms with Crippen molar-refractivity contribution in [3.05, 3.63) is 50.1 Å². The van der Waals surface area contributed by atoms with Crippen LogP contribution in [-0.2, 0) is 10.3 Å². The van der Waals surface area contributed by atoms with E-state index in [2.05, 4.69) is 9.97 Å². The lowest BCUT2D eigenvalue weighted by atomic mass is 10.0. The molecule has 1 N–H and O–H groups in total. The van der Waals surface area contributed by atoms with Gasteiger partial charge in [0.15, 0.2) is 0 Å². The summed E-state index contributed by atoms with van der Waals surface area (Å²) in [5, 5.41) is 0. The number of H-pyrrole nitrogens is 1. The van der Waals surface area contributed by atoms with Crippen LogP contribution < -0.4 is 5.56 Å². The van der Waals surface area contributed by atoms with Gasteiger partial charge in [-0.2, -0.15) is 0 Å². The van der Waals surface area contributed by atoms with Crippen LogP contribution >= 0.6 is 22.6 Å². The van der Waals surface area contributed by atoms with Crippen LogP contribution in [-0.4, -0.2) is 17.1 Å². The Kier molecular flexibility index (Phi) is 4.59. The first-order valence-electron chi connectivity index (χ1n) is 6.42. The van der Waals surface area contributed by atoms with Gasteiger partial charge in [-0.05, 0) is 35.9 Å². The van der Waals surface area contributed by atoms with Gasteiger partial charge in [-0.3, -0.25) is 4.79 Å². The molecule has 0 spiro atoms. The van der Waals surface area contributed by atoms with E-state index in [0.29, 0.717) is 15.1 Å². The van der Waals surface area contributed by atoms with Crippen LogP contribution in [0.2, 0.25) is 0 Å². The highest BCUT2D eigenvalue weighted by atomic mass is 127. The lowest BCUT2D eigenvalue weighted by molar-refractivity contribution is -0.00911. The molecule has 5 heteroatoms. The summed E-state index contributed by atoms with van der Waals surface area (Å²) in [6, 6.07) is 9.70. The predicted octanol–water partition coefficient (Wildman–Crippen LogP) is 3.31. The van der Waals surface area contributed by atoms with Crippen molar-refractivity contribution in [1.82, 2.24) is 9.97 Å². The second-order valence-electron chi connectivity index (χ2n) is 4.73. The van der Waals surface area contributed by atoms with Crippen molar-refractivity contribution in [2.45, 2.75) is 25.9 Å². The summed E-state index contributed by atoms with van der Waals surface area (Å²) in [6.45, 7) is 3.93. The average Bonchev–Trinajstić information content (AvgIpc) is 2.50. The van der Waals surface area contributed by atoms with Crippen LogP contribution in [0.3, 0.4) is 0 Å². The Labute approximate surface area is 131 Å². The summed E-state index contributed by atoms with van der Waals surface area (Å²) in [7, 11) is 1.63. The van der Waals surface area contributed by atoms with Crippen LogP contribution in [0.25, 0.3) is 11.3 Å². The van der Waals surface area contributed by atoms with Gasteiger partial charge in [0.25, 0.3) is 5.56 Å². The Morgan fingerprint density at radius 3 is 2.55 bits per heavy atom. The highest BCUT2D eigenvalue weighted by molar-refractivity contribution is 14.1. The molecule has 0 radical (unpaired) electrons. The normalized spacial score (nSPS) is 14.0. The maximum absolute atomic E-state index is 12.2. The van der Waals surface area contributed by atoms with Crippen LogP contribution in [0, 0.1) is 3.57 Å². The zero-order chi connectivity index (χ0) is 14.8. The van der Waals surface area contributed by atoms with E-state index in [1.807, 2.05) is 66.8 Å². The third-order valence-electron chi connectivity index (χ3n) is 3.54. The largest absolute Gasteiger partial charge is 0.371 e. The second-order valence-corrected chi connectivity index (χ2v) is 5.81. The molecular formula is C15H17IN2O2. The predicted molar refractivity (Wildman–Crippen MR) is 87.7 cm³/mol. The quantitative estimate of drug-likeness (QED) is 0.823. The van der Waals surface area contributed by atoms with Gasteiger partial charge >= 0.3 is 0 Å². The second kappa shape index (κ2) is 6.05. The van der Waals surface area contributed by atoms with Gasteiger partial charge in [-0.25, -0.2) is 4.98 Å². The van der Waals surface area contributed by atoms with Crippen molar-refractivity contribution in [3.63, 3.8) is 0 Å². The van der Waals surface area contributed by atoms with Crippen molar-refractivity contribution < 1.29 is 4.74 Å². The minimum absolute atomic E-state index is 0.133. The summed E-state index contributed by atoms with van der Waals surface area (Å²) in [6.07, 6.45) is 0.723. The van der Waals surface area contributed by atoms with Gasteiger partial charge < -0.3 is 9.72 Å². The zero-order valence-electron chi connectivity index (χ0n) is 11.7. The molecular weight excluding hydrogens is 367 g/mol. The van der Waals surface area contributed by atoms with Crippen molar-refractivity contribution in [2.24, 2.45) is 0 Å². The number of hydrogen-bond donors (Lipinski definition) is 1. The fourth-order valence-electron chi connectivity index (χ4n) is 1.90. The topological polar surface area (TPSA) is 55.0 Å². The minimum atomic E-state index is -0.590. The number of benzene rings is 1. The smallest absolute Gasteiger partial charge is 0.265 e. The fourth-order valence-corrected chi connectivity index (χ4v) is 2.47. The molecule has 106 valence electrons. The van der Waals surface area contributed by atoms with E-state index in [1.54, 1.807) is 7.11 Å². The molecule has 2 rings (SSSR count).